The number of likely N-dealkylation sites (tertiary alicyclic amines) is 1. The second kappa shape index (κ2) is 32.1. The molecule has 4 aromatic carbocycles. The van der Waals surface area contributed by atoms with Gasteiger partial charge in [-0.25, -0.2) is 13.4 Å². The number of allylic oxidation sites excluding steroid dienone is 1. The number of halogens is 1. The maximum absolute atomic E-state index is 14.3. The average Bonchev–Trinajstić information content (AvgIpc) is 1.58. The monoisotopic (exact) mass is 1420 g/mol. The number of hydrazine groups is 2. The van der Waals surface area contributed by atoms with Gasteiger partial charge in [-0.05, 0) is 128 Å². The van der Waals surface area contributed by atoms with Crippen molar-refractivity contribution >= 4 is 96.1 Å². The highest BCUT2D eigenvalue weighted by molar-refractivity contribution is 7.92. The number of anilines is 3. The highest BCUT2D eigenvalue weighted by atomic mass is 35.5. The van der Waals surface area contributed by atoms with Crippen LogP contribution >= 0.6 is 11.6 Å². The number of benzene rings is 4. The number of Topliss-reactive ketones (excluding diaryl/α,β-unsaturated/α-hetero) is 1. The summed E-state index contributed by atoms with van der Waals surface area (Å²) in [6.45, 7) is 12.8. The largest absolute Gasteiger partial charge is 0.455 e. The van der Waals surface area contributed by atoms with E-state index in [-0.39, 0.29) is 63.1 Å². The highest BCUT2D eigenvalue weighted by Crippen LogP contribution is 2.44. The molecule has 1 atom stereocenters. The fraction of sp³-hybridized carbons (Fsp3) is 0.431. The van der Waals surface area contributed by atoms with E-state index in [9.17, 15) is 47.3 Å². The van der Waals surface area contributed by atoms with Crippen LogP contribution < -0.4 is 36.5 Å². The number of hydrogen-bond donors (Lipinski definition) is 6. The van der Waals surface area contributed by atoms with Gasteiger partial charge in [0.15, 0.2) is 15.6 Å². The van der Waals surface area contributed by atoms with Crippen molar-refractivity contribution in [3.63, 3.8) is 0 Å². The number of amides is 5. The molecule has 3 fully saturated rings. The third kappa shape index (κ3) is 17.7. The topological polar surface area (TPSA) is 322 Å². The molecule has 29 heteroatoms. The van der Waals surface area contributed by atoms with Crippen LogP contribution in [0.1, 0.15) is 108 Å². The Kier molecular flexibility index (Phi) is 22.8. The van der Waals surface area contributed by atoms with Crippen molar-refractivity contribution in [1.82, 2.24) is 46.0 Å². The van der Waals surface area contributed by atoms with Crippen LogP contribution in [0.4, 0.5) is 22.7 Å². The molecule has 0 spiro atoms. The normalized spacial score (nSPS) is 18.2. The van der Waals surface area contributed by atoms with Crippen LogP contribution in [0.15, 0.2) is 126 Å². The van der Waals surface area contributed by atoms with E-state index in [1.165, 1.54) is 41.1 Å². The molecule has 1 aliphatic carbocycles. The number of rotatable bonds is 31. The lowest BCUT2D eigenvalue weighted by Crippen LogP contribution is -2.54. The van der Waals surface area contributed by atoms with Crippen molar-refractivity contribution in [3.8, 4) is 11.5 Å². The van der Waals surface area contributed by atoms with E-state index in [1.807, 2.05) is 34.3 Å². The summed E-state index contributed by atoms with van der Waals surface area (Å²) in [5.41, 5.74) is 13.2. The Morgan fingerprint density at radius 1 is 0.832 bits per heavy atom. The molecule has 6 aliphatic rings. The zero-order valence-electron chi connectivity index (χ0n) is 56.6. The van der Waals surface area contributed by atoms with E-state index in [4.69, 9.17) is 30.5 Å². The van der Waals surface area contributed by atoms with E-state index in [2.05, 4.69) is 72.7 Å². The minimum Gasteiger partial charge on any atom is -0.455 e. The van der Waals surface area contributed by atoms with Crippen LogP contribution in [0.25, 0.3) is 16.6 Å². The third-order valence-electron chi connectivity index (χ3n) is 19.3. The van der Waals surface area contributed by atoms with Gasteiger partial charge >= 0.3 is 0 Å². The lowest BCUT2D eigenvalue weighted by Gasteiger charge is -2.39. The number of imide groups is 2. The summed E-state index contributed by atoms with van der Waals surface area (Å²) >= 11 is 6.28. The van der Waals surface area contributed by atoms with Gasteiger partial charge in [0.25, 0.3) is 17.5 Å². The zero-order valence-corrected chi connectivity index (χ0v) is 58.1. The predicted molar refractivity (Wildman–Crippen MR) is 379 cm³/mol. The number of nitrogens with zero attached hydrogens (tertiary/aromatic N) is 7. The van der Waals surface area contributed by atoms with Gasteiger partial charge < -0.3 is 49.8 Å². The summed E-state index contributed by atoms with van der Waals surface area (Å²) in [6, 6.07) is 24.4. The van der Waals surface area contributed by atoms with E-state index >= 15 is 0 Å². The molecule has 5 amide bonds. The molecule has 7 heterocycles. The van der Waals surface area contributed by atoms with Gasteiger partial charge in [-0.3, -0.25) is 59.0 Å². The summed E-state index contributed by atoms with van der Waals surface area (Å²) in [5.74, 6) is -3.36. The molecule has 0 saturated carbocycles. The second-order valence-electron chi connectivity index (χ2n) is 27.0. The molecule has 101 heavy (non-hydrogen) atoms. The molecule has 27 nitrogen and oxygen atoms in total. The first-order chi connectivity index (χ1) is 48.7. The molecular formula is C72H84ClN13O14S. The number of piperazine rings is 1. The first kappa shape index (κ1) is 71.5. The molecule has 2 aromatic heterocycles. The number of hydrogen-bond acceptors (Lipinski definition) is 22. The van der Waals surface area contributed by atoms with Crippen LogP contribution in [0.3, 0.4) is 0 Å². The summed E-state index contributed by atoms with van der Waals surface area (Å²) in [6.07, 6.45) is 10.7. The molecule has 0 radical (unpaired) electrons. The number of aromatic amines is 1. The number of nitrogens with one attached hydrogen (secondary N) is 6. The number of carbonyl (C=O) groups is 6. The quantitative estimate of drug-likeness (QED) is 0.00780. The zero-order chi connectivity index (χ0) is 70.8. The number of sulfone groups is 1. The van der Waals surface area contributed by atoms with E-state index < -0.39 is 61.7 Å². The SMILES string of the molecule is CC1(C)CCC(CN2CCN(c3ccc(C(=O)CS(=O)(=O)c4ccc(NCC5CCN(C(=O)CCCN6C=C(COCCOCCOCCNc7cccc8c7C(=O)N(C7CCC(=O)NC7=O)C8=O)NN6)CC5)c([N+](=O)[O-])c4)c(Oc4cnc5[nH]ccc5c4)c3)CC2)=C(c2ccc(Cl)cc2)C1. The second-order valence-corrected chi connectivity index (χ2v) is 29.4. The minimum absolute atomic E-state index is 0.0343. The molecular weight excluding hydrogens is 1340 g/mol. The lowest BCUT2D eigenvalue weighted by molar-refractivity contribution is -0.384. The molecule has 6 N–H and O–H groups in total. The Labute approximate surface area is 590 Å². The minimum atomic E-state index is -4.42. The number of nitro benzene ring substituents is 1. The van der Waals surface area contributed by atoms with Crippen LogP contribution in [-0.2, 0) is 38.4 Å². The Morgan fingerprint density at radius 2 is 1.60 bits per heavy atom. The lowest BCUT2D eigenvalue weighted by atomic mass is 9.72. The maximum atomic E-state index is 14.3. The van der Waals surface area contributed by atoms with E-state index in [1.54, 1.807) is 42.6 Å². The first-order valence-electron chi connectivity index (χ1n) is 34.3. The molecule has 1 unspecified atom stereocenters. The fourth-order valence-electron chi connectivity index (χ4n) is 13.7. The fourth-order valence-corrected chi connectivity index (χ4v) is 15.1. The summed E-state index contributed by atoms with van der Waals surface area (Å²) < 4.78 is 51.7. The number of ether oxygens (including phenoxy) is 4. The standard InChI is InChI=1S/C72H84ClN13O14S/c1-72(2)22-18-50(58(40-72)48-8-10-51(73)11-9-48)43-81-28-30-82(31-29-81)53-12-14-56(64(38-53)100-54-37-49-19-23-75-68(49)77-42-54)63(87)46-101(95,96)55-13-15-59(62(39-55)86(93)94)76-41-47-20-26-83(27-21-47)66(89)7-4-25-84-44-52(79-80-84)45-99-36-35-98-34-33-97-32-24-74-60-6-3-5-57-67(60)71(92)85(70(57)91)61-16-17-65(88)78-69(61)90/h3,5-6,8-15,19,23,37-39,42,44,47,61,74,76,79-80H,4,7,16-18,20-22,24-36,40-41,43,45-46H2,1-2H3,(H,75,77)(H,78,88,90). The average molecular weight is 1420 g/mol. The van der Waals surface area contributed by atoms with Crippen LogP contribution in [0, 0.1) is 21.4 Å². The van der Waals surface area contributed by atoms with Gasteiger partial charge in [-0.1, -0.05) is 49.2 Å². The van der Waals surface area contributed by atoms with Gasteiger partial charge in [0.2, 0.25) is 17.7 Å². The van der Waals surface area contributed by atoms with E-state index in [0.717, 1.165) is 66.6 Å². The van der Waals surface area contributed by atoms with Gasteiger partial charge in [0, 0.05) is 125 Å². The molecule has 6 aromatic rings. The van der Waals surface area contributed by atoms with Gasteiger partial charge in [-0.2, -0.15) is 0 Å². The summed E-state index contributed by atoms with van der Waals surface area (Å²) in [5, 5.41) is 24.4. The van der Waals surface area contributed by atoms with Crippen molar-refractivity contribution in [2.24, 2.45) is 11.3 Å². The Bertz CT molecular complexity index is 4280. The molecule has 3 saturated heterocycles. The van der Waals surface area contributed by atoms with Crippen molar-refractivity contribution < 1.29 is 61.1 Å². The number of nitro groups is 1. The Balaban J connectivity index is 0.549. The molecule has 534 valence electrons. The van der Waals surface area contributed by atoms with Crippen LogP contribution in [0.2, 0.25) is 5.02 Å². The van der Waals surface area contributed by atoms with Gasteiger partial charge in [0.05, 0.1) is 78.0 Å². The number of fused-ring (bicyclic) bond motifs is 2. The van der Waals surface area contributed by atoms with Crippen LogP contribution in [-0.4, -0.2) is 195 Å². The Morgan fingerprint density at radius 3 is 2.38 bits per heavy atom. The highest BCUT2D eigenvalue weighted by Gasteiger charge is 2.46. The van der Waals surface area contributed by atoms with Gasteiger partial charge in [0.1, 0.15) is 34.6 Å². The molecule has 0 bridgehead atoms. The summed E-state index contributed by atoms with van der Waals surface area (Å²) in [4.78, 5) is 105. The number of pyridine rings is 1. The predicted octanol–water partition coefficient (Wildman–Crippen LogP) is 8.52. The number of H-pyrrole nitrogens is 1. The Hall–Kier alpha value is -9.29. The summed E-state index contributed by atoms with van der Waals surface area (Å²) in [7, 11) is -4.42. The number of ketones is 1. The molecule has 12 rings (SSSR count). The smallest absolute Gasteiger partial charge is 0.293 e. The molecule has 5 aliphatic heterocycles. The van der Waals surface area contributed by atoms with E-state index in [0.29, 0.717) is 133 Å². The number of carbonyl (C=O) groups excluding carboxylic acids is 6. The van der Waals surface area contributed by atoms with Crippen molar-refractivity contribution in [2.45, 2.75) is 82.6 Å². The van der Waals surface area contributed by atoms with Crippen molar-refractivity contribution in [3.05, 3.63) is 158 Å². The van der Waals surface area contributed by atoms with Crippen molar-refractivity contribution in [2.75, 3.05) is 126 Å². The number of piperidine rings is 2. The van der Waals surface area contributed by atoms with Crippen LogP contribution in [0.5, 0.6) is 11.5 Å². The van der Waals surface area contributed by atoms with Gasteiger partial charge in [-0.15, -0.1) is 5.53 Å². The van der Waals surface area contributed by atoms with Crippen molar-refractivity contribution in [1.29, 1.82) is 0 Å². The maximum Gasteiger partial charge on any atom is 0.293 e. The third-order valence-corrected chi connectivity index (χ3v) is 21.2. The first-order valence-corrected chi connectivity index (χ1v) is 36.3. The number of aromatic nitrogens is 2.